The lowest BCUT2D eigenvalue weighted by molar-refractivity contribution is 0.0693. The van der Waals surface area contributed by atoms with Crippen LogP contribution < -0.4 is 0 Å². The van der Waals surface area contributed by atoms with Crippen molar-refractivity contribution >= 4 is 16.0 Å². The molecule has 0 aliphatic rings. The van der Waals surface area contributed by atoms with Crippen LogP contribution >= 0.6 is 0 Å². The molecule has 0 amide bonds. The minimum atomic E-state index is -4.00. The summed E-state index contributed by atoms with van der Waals surface area (Å²) >= 11 is 0. The average molecular weight is 369 g/mol. The summed E-state index contributed by atoms with van der Waals surface area (Å²) in [6, 6.07) is 3.10. The van der Waals surface area contributed by atoms with E-state index < -0.39 is 27.3 Å². The summed E-state index contributed by atoms with van der Waals surface area (Å²) in [7, 11) is -4.00. The smallest absolute Gasteiger partial charge is 0.339 e. The quantitative estimate of drug-likeness (QED) is 0.754. The SMILES string of the molecule is CCN(Cc1nc(C(C)C)no1)S(=O)(=O)c1ccc(O)c(C(=O)O)c1. The Bertz CT molecular complexity index is 875. The van der Waals surface area contributed by atoms with Gasteiger partial charge in [0.05, 0.1) is 11.4 Å². The number of carboxylic acids is 1. The second-order valence-corrected chi connectivity index (χ2v) is 7.55. The molecule has 9 nitrogen and oxygen atoms in total. The van der Waals surface area contributed by atoms with Gasteiger partial charge in [0.25, 0.3) is 0 Å². The molecule has 25 heavy (non-hydrogen) atoms. The molecule has 0 unspecified atom stereocenters. The third-order valence-corrected chi connectivity index (χ3v) is 5.42. The number of benzene rings is 1. The lowest BCUT2D eigenvalue weighted by Crippen LogP contribution is -2.30. The van der Waals surface area contributed by atoms with E-state index in [2.05, 4.69) is 10.1 Å². The summed E-state index contributed by atoms with van der Waals surface area (Å²) in [5, 5.41) is 22.4. The molecule has 10 heteroatoms. The van der Waals surface area contributed by atoms with Crippen molar-refractivity contribution in [2.75, 3.05) is 6.54 Å². The topological polar surface area (TPSA) is 134 Å². The third-order valence-electron chi connectivity index (χ3n) is 3.50. The number of sulfonamides is 1. The van der Waals surface area contributed by atoms with Crippen LogP contribution in [0.25, 0.3) is 0 Å². The predicted molar refractivity (Wildman–Crippen MR) is 86.7 cm³/mol. The maximum atomic E-state index is 12.8. The molecule has 0 spiro atoms. The van der Waals surface area contributed by atoms with Gasteiger partial charge in [0.2, 0.25) is 15.9 Å². The highest BCUT2D eigenvalue weighted by Gasteiger charge is 2.27. The molecule has 136 valence electrons. The molecule has 0 aliphatic heterocycles. The fourth-order valence-corrected chi connectivity index (χ4v) is 3.51. The second kappa shape index (κ2) is 7.19. The van der Waals surface area contributed by atoms with Crippen LogP contribution in [0.2, 0.25) is 0 Å². The molecule has 0 saturated heterocycles. The minimum absolute atomic E-state index is 0.0411. The van der Waals surface area contributed by atoms with Gasteiger partial charge in [0, 0.05) is 12.5 Å². The van der Waals surface area contributed by atoms with Gasteiger partial charge in [-0.05, 0) is 18.2 Å². The third kappa shape index (κ3) is 3.97. The summed E-state index contributed by atoms with van der Waals surface area (Å²) in [5.74, 6) is -1.27. The summed E-state index contributed by atoms with van der Waals surface area (Å²) in [4.78, 5) is 15.0. The van der Waals surface area contributed by atoms with Crippen LogP contribution in [0.4, 0.5) is 0 Å². The number of phenols is 1. The lowest BCUT2D eigenvalue weighted by atomic mass is 10.2. The van der Waals surface area contributed by atoms with Crippen molar-refractivity contribution in [3.05, 3.63) is 35.5 Å². The molecular weight excluding hydrogens is 350 g/mol. The molecule has 0 radical (unpaired) electrons. The first-order valence-electron chi connectivity index (χ1n) is 7.55. The zero-order chi connectivity index (χ0) is 18.8. The molecule has 1 heterocycles. The van der Waals surface area contributed by atoms with E-state index in [1.807, 2.05) is 13.8 Å². The Morgan fingerprint density at radius 3 is 2.56 bits per heavy atom. The van der Waals surface area contributed by atoms with Crippen LogP contribution in [0.5, 0.6) is 5.75 Å². The van der Waals surface area contributed by atoms with Gasteiger partial charge in [-0.15, -0.1) is 0 Å². The normalized spacial score (nSPS) is 12.0. The van der Waals surface area contributed by atoms with E-state index in [9.17, 15) is 18.3 Å². The van der Waals surface area contributed by atoms with Gasteiger partial charge in [-0.3, -0.25) is 0 Å². The van der Waals surface area contributed by atoms with Crippen molar-refractivity contribution in [1.82, 2.24) is 14.4 Å². The first kappa shape index (κ1) is 18.9. The van der Waals surface area contributed by atoms with Crippen molar-refractivity contribution in [3.8, 4) is 5.75 Å². The largest absolute Gasteiger partial charge is 0.507 e. The number of carbonyl (C=O) groups is 1. The molecule has 0 fully saturated rings. The maximum absolute atomic E-state index is 12.8. The molecule has 0 bridgehead atoms. The van der Waals surface area contributed by atoms with Crippen molar-refractivity contribution in [2.45, 2.75) is 38.1 Å². The number of hydrogen-bond acceptors (Lipinski definition) is 7. The number of carboxylic acid groups (broad SMARTS) is 1. The van der Waals surface area contributed by atoms with Crippen molar-refractivity contribution in [1.29, 1.82) is 0 Å². The fourth-order valence-electron chi connectivity index (χ4n) is 2.08. The second-order valence-electron chi connectivity index (χ2n) is 5.62. The standard InChI is InChI=1S/C15H19N3O6S/c1-4-18(8-13-16-14(9(2)3)17-24-13)25(22,23)10-5-6-12(19)11(7-10)15(20)21/h5-7,9,19H,4,8H2,1-3H3,(H,20,21). The monoisotopic (exact) mass is 369 g/mol. The van der Waals surface area contributed by atoms with Crippen molar-refractivity contribution in [2.24, 2.45) is 0 Å². The average Bonchev–Trinajstić information content (AvgIpc) is 3.01. The van der Waals surface area contributed by atoms with Crippen LogP contribution in [0.1, 0.15) is 48.8 Å². The molecule has 0 saturated carbocycles. The minimum Gasteiger partial charge on any atom is -0.507 e. The van der Waals surface area contributed by atoms with E-state index in [-0.39, 0.29) is 29.8 Å². The Balaban J connectivity index is 2.35. The van der Waals surface area contributed by atoms with E-state index in [0.29, 0.717) is 5.82 Å². The Morgan fingerprint density at radius 1 is 1.36 bits per heavy atom. The van der Waals surface area contributed by atoms with Crippen LogP contribution in [0.3, 0.4) is 0 Å². The first-order valence-corrected chi connectivity index (χ1v) is 8.99. The van der Waals surface area contributed by atoms with Gasteiger partial charge < -0.3 is 14.7 Å². The highest BCUT2D eigenvalue weighted by Crippen LogP contribution is 2.24. The van der Waals surface area contributed by atoms with Crippen LogP contribution in [0.15, 0.2) is 27.6 Å². The molecule has 0 aliphatic carbocycles. The number of nitrogens with zero attached hydrogens (tertiary/aromatic N) is 3. The molecular formula is C15H19N3O6S. The molecule has 1 aromatic heterocycles. The molecule has 2 rings (SSSR count). The first-order chi connectivity index (χ1) is 11.7. The fraction of sp³-hybridized carbons (Fsp3) is 0.400. The van der Waals surface area contributed by atoms with Gasteiger partial charge in [-0.2, -0.15) is 9.29 Å². The lowest BCUT2D eigenvalue weighted by Gasteiger charge is -2.19. The highest BCUT2D eigenvalue weighted by molar-refractivity contribution is 7.89. The van der Waals surface area contributed by atoms with Crippen molar-refractivity contribution in [3.63, 3.8) is 0 Å². The summed E-state index contributed by atoms with van der Waals surface area (Å²) in [6.45, 7) is 5.38. The Hall–Kier alpha value is -2.46. The highest BCUT2D eigenvalue weighted by atomic mass is 32.2. The van der Waals surface area contributed by atoms with Crippen molar-refractivity contribution < 1.29 is 27.9 Å². The van der Waals surface area contributed by atoms with Crippen LogP contribution in [-0.4, -0.2) is 45.6 Å². The number of hydrogen-bond donors (Lipinski definition) is 2. The molecule has 1 aromatic carbocycles. The predicted octanol–water partition coefficient (Wildman–Crippen LogP) is 1.81. The zero-order valence-corrected chi connectivity index (χ0v) is 14.8. The van der Waals surface area contributed by atoms with Crippen LogP contribution in [-0.2, 0) is 16.6 Å². The Labute approximate surface area is 144 Å². The zero-order valence-electron chi connectivity index (χ0n) is 14.0. The Morgan fingerprint density at radius 2 is 2.04 bits per heavy atom. The van der Waals surface area contributed by atoms with E-state index in [1.54, 1.807) is 6.92 Å². The van der Waals surface area contributed by atoms with Gasteiger partial charge in [-0.1, -0.05) is 25.9 Å². The molecule has 2 aromatic rings. The number of aromatic nitrogens is 2. The maximum Gasteiger partial charge on any atom is 0.339 e. The molecule has 2 N–H and O–H groups in total. The van der Waals surface area contributed by atoms with E-state index in [4.69, 9.17) is 9.63 Å². The summed E-state index contributed by atoms with van der Waals surface area (Å²) < 4.78 is 31.7. The Kier molecular flexibility index (Phi) is 5.43. The summed E-state index contributed by atoms with van der Waals surface area (Å²) in [6.07, 6.45) is 0. The van der Waals surface area contributed by atoms with Crippen LogP contribution in [0, 0.1) is 0 Å². The van der Waals surface area contributed by atoms with E-state index in [0.717, 1.165) is 22.5 Å². The van der Waals surface area contributed by atoms with Gasteiger partial charge in [0.15, 0.2) is 5.82 Å². The van der Waals surface area contributed by atoms with E-state index >= 15 is 0 Å². The van der Waals surface area contributed by atoms with Gasteiger partial charge >= 0.3 is 5.97 Å². The number of rotatable bonds is 7. The van der Waals surface area contributed by atoms with Gasteiger partial charge in [-0.25, -0.2) is 13.2 Å². The summed E-state index contributed by atoms with van der Waals surface area (Å²) in [5.41, 5.74) is -0.489. The number of aromatic carboxylic acids is 1. The molecule has 0 atom stereocenters. The van der Waals surface area contributed by atoms with Gasteiger partial charge in [0.1, 0.15) is 11.3 Å². The van der Waals surface area contributed by atoms with E-state index in [1.165, 1.54) is 0 Å². The number of aromatic hydroxyl groups is 1.